The Hall–Kier alpha value is -0.845. The number of carbonyl (C=O) groups excluding carboxylic acids is 1. The molecule has 22 heavy (non-hydrogen) atoms. The topological polar surface area (TPSA) is 66.8 Å². The van der Waals surface area contributed by atoms with E-state index in [0.29, 0.717) is 19.3 Å². The Labute approximate surface area is 141 Å². The van der Waals surface area contributed by atoms with E-state index in [2.05, 4.69) is 15.9 Å². The lowest BCUT2D eigenvalue weighted by molar-refractivity contribution is -0.150. The van der Waals surface area contributed by atoms with Crippen LogP contribution in [0.3, 0.4) is 0 Å². The van der Waals surface area contributed by atoms with E-state index in [0.717, 1.165) is 16.5 Å². The lowest BCUT2D eigenvalue weighted by Crippen LogP contribution is -2.26. The number of halogens is 1. The van der Waals surface area contributed by atoms with Crippen molar-refractivity contribution in [3.8, 4) is 0 Å². The van der Waals surface area contributed by atoms with E-state index in [9.17, 15) is 14.9 Å². The molecular weight excluding hydrogens is 347 g/mol. The molecule has 0 aliphatic carbocycles. The molecule has 2 atom stereocenters. The Balaban J connectivity index is 2.74. The van der Waals surface area contributed by atoms with E-state index in [1.165, 1.54) is 0 Å². The maximum atomic E-state index is 11.8. The molecule has 4 nitrogen and oxygen atoms in total. The monoisotopic (exact) mass is 370 g/mol. The maximum absolute atomic E-state index is 11.8. The van der Waals surface area contributed by atoms with E-state index in [4.69, 9.17) is 4.74 Å². The van der Waals surface area contributed by atoms with E-state index < -0.39 is 12.8 Å². The highest BCUT2D eigenvalue weighted by Crippen LogP contribution is 2.24. The molecule has 6 heteroatoms. The van der Waals surface area contributed by atoms with Crippen molar-refractivity contribution in [1.29, 1.82) is 0 Å². The molecule has 0 spiro atoms. The fraction of sp³-hybridized carbons (Fsp3) is 0.562. The van der Waals surface area contributed by atoms with Gasteiger partial charge < -0.3 is 14.9 Å². The van der Waals surface area contributed by atoms with Crippen molar-refractivity contribution >= 4 is 28.8 Å². The molecule has 122 valence electrons. The molecule has 0 aromatic heterocycles. The number of hydrogen-bond acceptors (Lipinski definition) is 4. The first-order valence-corrected chi connectivity index (χ1v) is 8.45. The Morgan fingerprint density at radius 3 is 2.50 bits per heavy atom. The fourth-order valence-electron chi connectivity index (χ4n) is 2.61. The molecule has 0 fully saturated rings. The lowest BCUT2D eigenvalue weighted by atomic mass is 9.62. The summed E-state index contributed by atoms with van der Waals surface area (Å²) in [6.45, 7) is 3.13. The van der Waals surface area contributed by atoms with Crippen molar-refractivity contribution in [3.63, 3.8) is 0 Å². The number of benzene rings is 1. The van der Waals surface area contributed by atoms with Crippen LogP contribution in [0.4, 0.5) is 0 Å². The summed E-state index contributed by atoms with van der Waals surface area (Å²) in [4.78, 5) is 11.8. The molecule has 0 aliphatic rings. The molecule has 1 aromatic rings. The van der Waals surface area contributed by atoms with Crippen LogP contribution in [-0.4, -0.2) is 36.2 Å². The summed E-state index contributed by atoms with van der Waals surface area (Å²) in [5.74, 6) is -0.779. The molecule has 0 bridgehead atoms. The summed E-state index contributed by atoms with van der Waals surface area (Å²) in [5, 5.41) is 19.1. The standard InChI is InChI=1S/C16H24BBrO4/c1-3-22-16(20)14(11-19)9-13(10-17(2)21)8-12-4-6-15(18)7-5-12/h4-7,13-14,19,21H,3,8-11H2,1-2H3/t13-,14+/m1/s1. The number of rotatable bonds is 9. The molecule has 1 rings (SSSR count). The van der Waals surface area contributed by atoms with Crippen LogP contribution in [0.5, 0.6) is 0 Å². The number of hydrogen-bond donors (Lipinski definition) is 2. The minimum absolute atomic E-state index is 0.114. The number of aliphatic hydroxyl groups is 1. The molecule has 0 saturated heterocycles. The van der Waals surface area contributed by atoms with Gasteiger partial charge in [-0.3, -0.25) is 4.79 Å². The molecule has 0 aliphatic heterocycles. The zero-order valence-electron chi connectivity index (χ0n) is 13.2. The molecular formula is C16H24BBrO4. The summed E-state index contributed by atoms with van der Waals surface area (Å²) in [6, 6.07) is 8.00. The van der Waals surface area contributed by atoms with Gasteiger partial charge >= 0.3 is 5.97 Å². The zero-order valence-corrected chi connectivity index (χ0v) is 14.8. The van der Waals surface area contributed by atoms with Crippen LogP contribution in [0.2, 0.25) is 13.1 Å². The maximum Gasteiger partial charge on any atom is 0.311 e. The fourth-order valence-corrected chi connectivity index (χ4v) is 2.87. The quantitative estimate of drug-likeness (QED) is 0.518. The number of carbonyl (C=O) groups is 1. The third-order valence-corrected chi connectivity index (χ3v) is 4.10. The van der Waals surface area contributed by atoms with E-state index >= 15 is 0 Å². The van der Waals surface area contributed by atoms with Crippen LogP contribution in [-0.2, 0) is 16.0 Å². The van der Waals surface area contributed by atoms with Gasteiger partial charge in [0.1, 0.15) is 0 Å². The predicted octanol–water partition coefficient (Wildman–Crippen LogP) is 2.78. The van der Waals surface area contributed by atoms with E-state index in [-0.39, 0.29) is 18.5 Å². The van der Waals surface area contributed by atoms with Gasteiger partial charge in [-0.1, -0.05) is 34.9 Å². The van der Waals surface area contributed by atoms with Crippen LogP contribution >= 0.6 is 15.9 Å². The van der Waals surface area contributed by atoms with Gasteiger partial charge in [0.2, 0.25) is 0 Å². The highest BCUT2D eigenvalue weighted by atomic mass is 79.9. The van der Waals surface area contributed by atoms with Gasteiger partial charge in [0.25, 0.3) is 6.92 Å². The van der Waals surface area contributed by atoms with Gasteiger partial charge in [-0.05, 0) is 49.7 Å². The van der Waals surface area contributed by atoms with E-state index in [1.54, 1.807) is 13.7 Å². The van der Waals surface area contributed by atoms with Crippen molar-refractivity contribution in [2.24, 2.45) is 11.8 Å². The van der Waals surface area contributed by atoms with Crippen LogP contribution < -0.4 is 0 Å². The molecule has 0 unspecified atom stereocenters. The summed E-state index contributed by atoms with van der Waals surface area (Å²) in [5.41, 5.74) is 1.15. The van der Waals surface area contributed by atoms with Gasteiger partial charge in [-0.15, -0.1) is 0 Å². The van der Waals surface area contributed by atoms with Crippen LogP contribution in [0, 0.1) is 11.8 Å². The average Bonchev–Trinajstić information content (AvgIpc) is 2.46. The SMILES string of the molecule is CCOC(=O)[C@H](CO)C[C@H](CB(C)O)Cc1ccc(Br)cc1. The minimum atomic E-state index is -0.529. The van der Waals surface area contributed by atoms with Crippen molar-refractivity contribution in [2.75, 3.05) is 13.2 Å². The van der Waals surface area contributed by atoms with Crippen molar-refractivity contribution in [1.82, 2.24) is 0 Å². The summed E-state index contributed by atoms with van der Waals surface area (Å²) in [7, 11) is 0. The molecule has 0 radical (unpaired) electrons. The number of esters is 1. The largest absolute Gasteiger partial charge is 0.466 e. The predicted molar refractivity (Wildman–Crippen MR) is 91.8 cm³/mol. The first kappa shape index (κ1) is 19.2. The zero-order chi connectivity index (χ0) is 16.5. The normalized spacial score (nSPS) is 13.5. The number of ether oxygens (including phenoxy) is 1. The van der Waals surface area contributed by atoms with Gasteiger partial charge in [0.05, 0.1) is 19.1 Å². The second-order valence-corrected chi connectivity index (χ2v) is 6.56. The van der Waals surface area contributed by atoms with Gasteiger partial charge in [0.15, 0.2) is 0 Å². The van der Waals surface area contributed by atoms with Crippen LogP contribution in [0.15, 0.2) is 28.7 Å². The Kier molecular flexibility index (Phi) is 8.75. The first-order valence-electron chi connectivity index (χ1n) is 7.66. The van der Waals surface area contributed by atoms with Gasteiger partial charge in [-0.25, -0.2) is 0 Å². The Morgan fingerprint density at radius 2 is 2.00 bits per heavy atom. The first-order chi connectivity index (χ1) is 10.5. The molecule has 0 heterocycles. The minimum Gasteiger partial charge on any atom is -0.466 e. The molecule has 0 amide bonds. The summed E-state index contributed by atoms with van der Waals surface area (Å²) >= 11 is 3.41. The average molecular weight is 371 g/mol. The summed E-state index contributed by atoms with van der Waals surface area (Å²) < 4.78 is 6.02. The smallest absolute Gasteiger partial charge is 0.311 e. The highest BCUT2D eigenvalue weighted by Gasteiger charge is 2.25. The lowest BCUT2D eigenvalue weighted by Gasteiger charge is -2.22. The van der Waals surface area contributed by atoms with Crippen LogP contribution in [0.25, 0.3) is 0 Å². The van der Waals surface area contributed by atoms with Crippen molar-refractivity contribution in [2.45, 2.75) is 32.9 Å². The van der Waals surface area contributed by atoms with Gasteiger partial charge in [0, 0.05) is 4.47 Å². The molecule has 0 saturated carbocycles. The molecule has 1 aromatic carbocycles. The van der Waals surface area contributed by atoms with Crippen molar-refractivity contribution in [3.05, 3.63) is 34.3 Å². The second kappa shape index (κ2) is 10.0. The third kappa shape index (κ3) is 6.94. The molecule has 2 N–H and O–H groups in total. The second-order valence-electron chi connectivity index (χ2n) is 5.65. The third-order valence-electron chi connectivity index (χ3n) is 3.57. The highest BCUT2D eigenvalue weighted by molar-refractivity contribution is 9.10. The van der Waals surface area contributed by atoms with Gasteiger partial charge in [-0.2, -0.15) is 0 Å². The Morgan fingerprint density at radius 1 is 1.36 bits per heavy atom. The van der Waals surface area contributed by atoms with E-state index in [1.807, 2.05) is 24.3 Å². The Bertz CT molecular complexity index is 450. The summed E-state index contributed by atoms with van der Waals surface area (Å²) in [6.07, 6.45) is 1.86. The number of aliphatic hydroxyl groups excluding tert-OH is 1. The van der Waals surface area contributed by atoms with Crippen LogP contribution in [0.1, 0.15) is 18.9 Å². The van der Waals surface area contributed by atoms with Crippen molar-refractivity contribution < 1.29 is 19.7 Å².